The molecule has 1 fully saturated rings. The Balaban J connectivity index is 1.76. The largest absolute Gasteiger partial charge is 0.346 e. The van der Waals surface area contributed by atoms with Crippen molar-refractivity contribution in [2.45, 2.75) is 12.8 Å². The van der Waals surface area contributed by atoms with Gasteiger partial charge in [-0.05, 0) is 36.0 Å². The van der Waals surface area contributed by atoms with Gasteiger partial charge in [0, 0.05) is 17.1 Å². The smallest absolute Gasteiger partial charge is 0.268 e. The molecule has 1 aliphatic carbocycles. The molecule has 27 heavy (non-hydrogen) atoms. The molecule has 0 aliphatic heterocycles. The minimum Gasteiger partial charge on any atom is -0.346 e. The molecule has 2 N–H and O–H groups in total. The monoisotopic (exact) mass is 357 g/mol. The van der Waals surface area contributed by atoms with Crippen molar-refractivity contribution in [2.24, 2.45) is 5.92 Å². The zero-order valence-corrected chi connectivity index (χ0v) is 14.3. The molecular weight excluding hydrogens is 342 g/mol. The highest BCUT2D eigenvalue weighted by atomic mass is 16.2. The SMILES string of the molecule is N#C/C(C(=O)NC=O)=C(\c1ccc(-c2ncnc3[nH]ccc23)cc1)C1CC1. The number of rotatable bonds is 5. The molecule has 2 aromatic heterocycles. The molecule has 1 aliphatic rings. The molecule has 2 heterocycles. The van der Waals surface area contributed by atoms with Crippen LogP contribution in [0.1, 0.15) is 18.4 Å². The zero-order chi connectivity index (χ0) is 18.8. The Labute approximate surface area is 154 Å². The van der Waals surface area contributed by atoms with E-state index in [0.717, 1.165) is 40.7 Å². The number of allylic oxidation sites excluding steroid dienone is 1. The summed E-state index contributed by atoms with van der Waals surface area (Å²) in [6.45, 7) is 0. The lowest BCUT2D eigenvalue weighted by atomic mass is 9.94. The van der Waals surface area contributed by atoms with Crippen molar-refractivity contribution in [2.75, 3.05) is 0 Å². The van der Waals surface area contributed by atoms with Crippen LogP contribution in [0.4, 0.5) is 0 Å². The average molecular weight is 357 g/mol. The molecule has 1 saturated carbocycles. The Hall–Kier alpha value is -3.79. The number of imide groups is 1. The Bertz CT molecular complexity index is 1100. The molecule has 1 aromatic carbocycles. The van der Waals surface area contributed by atoms with E-state index in [9.17, 15) is 14.9 Å². The third kappa shape index (κ3) is 3.09. The first-order valence-electron chi connectivity index (χ1n) is 8.50. The van der Waals surface area contributed by atoms with Gasteiger partial charge in [0.15, 0.2) is 0 Å². The van der Waals surface area contributed by atoms with E-state index in [1.807, 2.05) is 42.6 Å². The summed E-state index contributed by atoms with van der Waals surface area (Å²) < 4.78 is 0. The van der Waals surface area contributed by atoms with Crippen LogP contribution in [-0.4, -0.2) is 27.3 Å². The van der Waals surface area contributed by atoms with Crippen molar-refractivity contribution in [3.63, 3.8) is 0 Å². The van der Waals surface area contributed by atoms with E-state index in [4.69, 9.17) is 0 Å². The summed E-state index contributed by atoms with van der Waals surface area (Å²) in [6, 6.07) is 11.5. The van der Waals surface area contributed by atoms with Gasteiger partial charge in [-0.15, -0.1) is 0 Å². The first-order chi connectivity index (χ1) is 13.2. The maximum Gasteiger partial charge on any atom is 0.268 e. The minimum atomic E-state index is -0.664. The van der Waals surface area contributed by atoms with Gasteiger partial charge in [0.1, 0.15) is 23.6 Å². The molecule has 7 heteroatoms. The quantitative estimate of drug-likeness (QED) is 0.414. The summed E-state index contributed by atoms with van der Waals surface area (Å²) in [6.07, 6.45) is 5.47. The maximum atomic E-state index is 12.1. The topological polar surface area (TPSA) is 112 Å². The second-order valence-corrected chi connectivity index (χ2v) is 6.31. The number of nitrogens with one attached hydrogen (secondary N) is 2. The molecule has 0 saturated heterocycles. The molecular formula is C20H15N5O2. The number of aromatic nitrogens is 3. The van der Waals surface area contributed by atoms with Gasteiger partial charge < -0.3 is 4.98 Å². The van der Waals surface area contributed by atoms with E-state index in [0.29, 0.717) is 12.0 Å². The van der Waals surface area contributed by atoms with Crippen molar-refractivity contribution in [1.29, 1.82) is 5.26 Å². The number of amides is 2. The van der Waals surface area contributed by atoms with Crippen LogP contribution in [0, 0.1) is 17.2 Å². The fraction of sp³-hybridized carbons (Fsp3) is 0.150. The summed E-state index contributed by atoms with van der Waals surface area (Å²) in [7, 11) is 0. The maximum absolute atomic E-state index is 12.1. The standard InChI is InChI=1S/C20H15N5O2/c21-9-16(20(27)25-11-26)17(12-1-2-12)13-3-5-14(6-4-13)18-15-7-8-22-19(15)24-10-23-18/h3-8,10-12H,1-2H2,(H,22,23,24)(H,25,26,27)/b17-16+. The van der Waals surface area contributed by atoms with Crippen LogP contribution >= 0.6 is 0 Å². The number of fused-ring (bicyclic) bond motifs is 1. The van der Waals surface area contributed by atoms with Gasteiger partial charge in [0.05, 0.1) is 5.69 Å². The second kappa shape index (κ2) is 6.84. The predicted octanol–water partition coefficient (Wildman–Crippen LogP) is 2.58. The number of carbonyl (C=O) groups excluding carboxylic acids is 2. The lowest BCUT2D eigenvalue weighted by Gasteiger charge is -2.10. The third-order valence-electron chi connectivity index (χ3n) is 4.61. The number of benzene rings is 1. The zero-order valence-electron chi connectivity index (χ0n) is 14.3. The summed E-state index contributed by atoms with van der Waals surface area (Å²) in [4.78, 5) is 34.3. The number of H-pyrrole nitrogens is 1. The lowest BCUT2D eigenvalue weighted by molar-refractivity contribution is -0.122. The fourth-order valence-corrected chi connectivity index (χ4v) is 3.23. The molecule has 3 aromatic rings. The normalized spacial score (nSPS) is 14.3. The van der Waals surface area contributed by atoms with Gasteiger partial charge >= 0.3 is 0 Å². The Morgan fingerprint density at radius 2 is 2.00 bits per heavy atom. The van der Waals surface area contributed by atoms with Gasteiger partial charge in [-0.3, -0.25) is 14.9 Å². The molecule has 0 unspecified atom stereocenters. The molecule has 7 nitrogen and oxygen atoms in total. The fourth-order valence-electron chi connectivity index (χ4n) is 3.23. The Morgan fingerprint density at radius 1 is 1.22 bits per heavy atom. The Morgan fingerprint density at radius 3 is 2.67 bits per heavy atom. The Kier molecular flexibility index (Phi) is 4.22. The van der Waals surface area contributed by atoms with E-state index in [-0.39, 0.29) is 11.5 Å². The number of aromatic amines is 1. The van der Waals surface area contributed by atoms with E-state index in [1.54, 1.807) is 0 Å². The molecule has 132 valence electrons. The van der Waals surface area contributed by atoms with Gasteiger partial charge in [0.2, 0.25) is 6.41 Å². The lowest BCUT2D eigenvalue weighted by Crippen LogP contribution is -2.23. The van der Waals surface area contributed by atoms with Crippen molar-refractivity contribution < 1.29 is 9.59 Å². The van der Waals surface area contributed by atoms with Crippen LogP contribution in [0.3, 0.4) is 0 Å². The first kappa shape index (κ1) is 16.7. The number of carbonyl (C=O) groups is 2. The second-order valence-electron chi connectivity index (χ2n) is 6.31. The van der Waals surface area contributed by atoms with Crippen LogP contribution in [0.25, 0.3) is 27.9 Å². The highest BCUT2D eigenvalue weighted by molar-refractivity contribution is 6.08. The van der Waals surface area contributed by atoms with E-state index in [2.05, 4.69) is 20.3 Å². The minimum absolute atomic E-state index is 0.00703. The van der Waals surface area contributed by atoms with E-state index in [1.165, 1.54) is 6.33 Å². The van der Waals surface area contributed by atoms with Crippen molar-refractivity contribution >= 4 is 28.9 Å². The van der Waals surface area contributed by atoms with Crippen LogP contribution in [0.15, 0.2) is 48.4 Å². The highest BCUT2D eigenvalue weighted by Crippen LogP contribution is 2.44. The third-order valence-corrected chi connectivity index (χ3v) is 4.61. The van der Waals surface area contributed by atoms with Crippen LogP contribution in [0.5, 0.6) is 0 Å². The predicted molar refractivity (Wildman–Crippen MR) is 98.8 cm³/mol. The molecule has 0 bridgehead atoms. The van der Waals surface area contributed by atoms with Gasteiger partial charge in [-0.1, -0.05) is 24.3 Å². The highest BCUT2D eigenvalue weighted by Gasteiger charge is 2.31. The summed E-state index contributed by atoms with van der Waals surface area (Å²) in [5.41, 5.74) is 3.98. The van der Waals surface area contributed by atoms with Crippen LogP contribution in [0.2, 0.25) is 0 Å². The molecule has 4 rings (SSSR count). The molecule has 0 radical (unpaired) electrons. The summed E-state index contributed by atoms with van der Waals surface area (Å²) >= 11 is 0. The number of nitrogens with zero attached hydrogens (tertiary/aromatic N) is 3. The average Bonchev–Trinajstić information content (AvgIpc) is 3.41. The van der Waals surface area contributed by atoms with Crippen molar-refractivity contribution in [1.82, 2.24) is 20.3 Å². The molecule has 2 amide bonds. The van der Waals surface area contributed by atoms with E-state index < -0.39 is 5.91 Å². The van der Waals surface area contributed by atoms with Gasteiger partial charge in [0.25, 0.3) is 5.91 Å². The summed E-state index contributed by atoms with van der Waals surface area (Å²) in [5, 5.41) is 12.4. The molecule has 0 spiro atoms. The van der Waals surface area contributed by atoms with Crippen molar-refractivity contribution in [3.8, 4) is 17.3 Å². The van der Waals surface area contributed by atoms with Crippen LogP contribution < -0.4 is 5.32 Å². The first-order valence-corrected chi connectivity index (χ1v) is 8.50. The number of hydrogen-bond acceptors (Lipinski definition) is 5. The summed E-state index contributed by atoms with van der Waals surface area (Å²) in [5.74, 6) is -0.498. The van der Waals surface area contributed by atoms with Crippen LogP contribution in [-0.2, 0) is 9.59 Å². The molecule has 0 atom stereocenters. The van der Waals surface area contributed by atoms with Gasteiger partial charge in [-0.25, -0.2) is 9.97 Å². The number of nitriles is 1. The van der Waals surface area contributed by atoms with E-state index >= 15 is 0 Å². The number of hydrogen-bond donors (Lipinski definition) is 2. The van der Waals surface area contributed by atoms with Gasteiger partial charge in [-0.2, -0.15) is 5.26 Å². The van der Waals surface area contributed by atoms with Crippen molar-refractivity contribution in [3.05, 3.63) is 54.0 Å².